The van der Waals surface area contributed by atoms with Gasteiger partial charge in [-0.1, -0.05) is 35.6 Å². The monoisotopic (exact) mass is 341 g/mol. The van der Waals surface area contributed by atoms with E-state index in [-0.39, 0.29) is 10.8 Å². The molecular weight excluding hydrogens is 322 g/mol. The van der Waals surface area contributed by atoms with Crippen LogP contribution < -0.4 is 10.2 Å². The highest BCUT2D eigenvalue weighted by Gasteiger charge is 2.07. The maximum absolute atomic E-state index is 12.0. The quantitative estimate of drug-likeness (QED) is 0.750. The lowest BCUT2D eigenvalue weighted by atomic mass is 10.1. The molecule has 0 atom stereocenters. The van der Waals surface area contributed by atoms with Gasteiger partial charge in [0.05, 0.1) is 12.2 Å². The summed E-state index contributed by atoms with van der Waals surface area (Å²) in [6.07, 6.45) is 2.80. The van der Waals surface area contributed by atoms with Crippen LogP contribution >= 0.6 is 11.3 Å². The molecule has 2 aromatic heterocycles. The summed E-state index contributed by atoms with van der Waals surface area (Å²) in [7, 11) is 0. The highest BCUT2D eigenvalue weighted by atomic mass is 32.1. The van der Waals surface area contributed by atoms with Crippen molar-refractivity contribution in [1.29, 1.82) is 0 Å². The Bertz CT molecular complexity index is 909. The molecule has 1 N–H and O–H groups in total. The molecule has 0 aliphatic rings. The van der Waals surface area contributed by atoms with Crippen LogP contribution in [0.15, 0.2) is 46.7 Å². The van der Waals surface area contributed by atoms with Crippen LogP contribution in [0.5, 0.6) is 0 Å². The van der Waals surface area contributed by atoms with Crippen LogP contribution in [-0.4, -0.2) is 15.5 Å². The molecule has 0 unspecified atom stereocenters. The van der Waals surface area contributed by atoms with E-state index in [1.54, 1.807) is 10.8 Å². The van der Waals surface area contributed by atoms with Crippen LogP contribution in [0.3, 0.4) is 0 Å². The first-order valence-electron chi connectivity index (χ1n) is 7.89. The standard InChI is InChI=1S/C18H19N3O2S/c1-13-12-24-18(23)21(13)10-4-7-17(22)20-11-16-15-6-3-2-5-14(15)8-9-19-16/h2-3,5-6,8-9,12H,4,7,10-11H2,1H3,(H,20,22). The summed E-state index contributed by atoms with van der Waals surface area (Å²) < 4.78 is 1.71. The highest BCUT2D eigenvalue weighted by Crippen LogP contribution is 2.16. The van der Waals surface area contributed by atoms with Gasteiger partial charge >= 0.3 is 4.87 Å². The number of nitrogens with zero attached hydrogens (tertiary/aromatic N) is 2. The van der Waals surface area contributed by atoms with E-state index in [2.05, 4.69) is 10.3 Å². The van der Waals surface area contributed by atoms with Gasteiger partial charge in [0.25, 0.3) is 0 Å². The number of rotatable bonds is 6. The number of thiazole rings is 1. The number of nitrogens with one attached hydrogen (secondary N) is 1. The van der Waals surface area contributed by atoms with E-state index >= 15 is 0 Å². The van der Waals surface area contributed by atoms with Gasteiger partial charge in [-0.2, -0.15) is 0 Å². The van der Waals surface area contributed by atoms with Crippen molar-refractivity contribution in [3.8, 4) is 0 Å². The van der Waals surface area contributed by atoms with Gasteiger partial charge in [0.15, 0.2) is 0 Å². The SMILES string of the molecule is Cc1csc(=O)n1CCCC(=O)NCc1nccc2ccccc12. The first-order valence-corrected chi connectivity index (χ1v) is 8.77. The van der Waals surface area contributed by atoms with E-state index < -0.39 is 0 Å². The van der Waals surface area contributed by atoms with E-state index in [0.29, 0.717) is 25.9 Å². The number of pyridine rings is 1. The fourth-order valence-corrected chi connectivity index (χ4v) is 3.43. The minimum Gasteiger partial charge on any atom is -0.350 e. The third-order valence-corrected chi connectivity index (χ3v) is 4.85. The molecule has 0 saturated heterocycles. The second-order valence-electron chi connectivity index (χ2n) is 5.65. The number of benzene rings is 1. The summed E-state index contributed by atoms with van der Waals surface area (Å²) in [5.41, 5.74) is 1.82. The van der Waals surface area contributed by atoms with Crippen molar-refractivity contribution in [2.45, 2.75) is 32.9 Å². The molecule has 1 aromatic carbocycles. The molecule has 5 nitrogen and oxygen atoms in total. The van der Waals surface area contributed by atoms with Crippen molar-refractivity contribution < 1.29 is 4.79 Å². The molecule has 0 bridgehead atoms. The molecule has 3 aromatic rings. The fraction of sp³-hybridized carbons (Fsp3) is 0.278. The third-order valence-electron chi connectivity index (χ3n) is 3.97. The number of amides is 1. The average Bonchev–Trinajstić information content (AvgIpc) is 2.92. The minimum absolute atomic E-state index is 0.0225. The highest BCUT2D eigenvalue weighted by molar-refractivity contribution is 7.07. The van der Waals surface area contributed by atoms with Gasteiger partial charge < -0.3 is 9.88 Å². The van der Waals surface area contributed by atoms with Gasteiger partial charge in [0.2, 0.25) is 5.91 Å². The molecule has 0 saturated carbocycles. The van der Waals surface area contributed by atoms with Crippen LogP contribution in [-0.2, 0) is 17.9 Å². The first-order chi connectivity index (χ1) is 11.6. The second kappa shape index (κ2) is 7.40. The normalized spacial score (nSPS) is 10.9. The van der Waals surface area contributed by atoms with Crippen molar-refractivity contribution in [3.63, 3.8) is 0 Å². The molecule has 0 aliphatic heterocycles. The number of fused-ring (bicyclic) bond motifs is 1. The molecule has 0 radical (unpaired) electrons. The van der Waals surface area contributed by atoms with E-state index in [9.17, 15) is 9.59 Å². The van der Waals surface area contributed by atoms with Crippen molar-refractivity contribution >= 4 is 28.0 Å². The Morgan fingerprint density at radius 3 is 2.92 bits per heavy atom. The number of carbonyl (C=O) groups excluding carboxylic acids is 1. The van der Waals surface area contributed by atoms with Crippen LogP contribution in [0.2, 0.25) is 0 Å². The van der Waals surface area contributed by atoms with E-state index in [1.807, 2.05) is 42.6 Å². The fourth-order valence-electron chi connectivity index (χ4n) is 2.67. The van der Waals surface area contributed by atoms with Crippen LogP contribution in [0.1, 0.15) is 24.2 Å². The lowest BCUT2D eigenvalue weighted by molar-refractivity contribution is -0.121. The summed E-state index contributed by atoms with van der Waals surface area (Å²) >= 11 is 1.20. The van der Waals surface area contributed by atoms with Gasteiger partial charge in [-0.3, -0.25) is 14.6 Å². The number of hydrogen-bond acceptors (Lipinski definition) is 4. The summed E-state index contributed by atoms with van der Waals surface area (Å²) in [5, 5.41) is 6.93. The molecule has 124 valence electrons. The predicted octanol–water partition coefficient (Wildman–Crippen LogP) is 2.86. The number of carbonyl (C=O) groups is 1. The molecule has 0 spiro atoms. The zero-order valence-corrected chi connectivity index (χ0v) is 14.3. The topological polar surface area (TPSA) is 64.0 Å². The molecule has 0 aliphatic carbocycles. The van der Waals surface area contributed by atoms with E-state index in [4.69, 9.17) is 0 Å². The van der Waals surface area contributed by atoms with Crippen LogP contribution in [0.4, 0.5) is 0 Å². The molecule has 2 heterocycles. The Labute approximate surface area is 144 Å². The average molecular weight is 341 g/mol. The number of aromatic nitrogens is 2. The largest absolute Gasteiger partial charge is 0.350 e. The summed E-state index contributed by atoms with van der Waals surface area (Å²) in [5.74, 6) is -0.0225. The van der Waals surface area contributed by atoms with Gasteiger partial charge in [-0.15, -0.1) is 0 Å². The minimum atomic E-state index is -0.0225. The Morgan fingerprint density at radius 1 is 1.29 bits per heavy atom. The summed E-state index contributed by atoms with van der Waals surface area (Å²) in [6, 6.07) is 9.95. The van der Waals surface area contributed by atoms with Crippen molar-refractivity contribution in [1.82, 2.24) is 14.9 Å². The van der Waals surface area contributed by atoms with Crippen molar-refractivity contribution in [2.24, 2.45) is 0 Å². The smallest absolute Gasteiger partial charge is 0.307 e. The molecule has 1 amide bonds. The molecule has 0 fully saturated rings. The molecule has 3 rings (SSSR count). The van der Waals surface area contributed by atoms with Crippen molar-refractivity contribution in [3.05, 3.63) is 63.0 Å². The maximum atomic E-state index is 12.0. The Balaban J connectivity index is 1.53. The molecule has 24 heavy (non-hydrogen) atoms. The summed E-state index contributed by atoms with van der Waals surface area (Å²) in [6.45, 7) is 2.90. The lowest BCUT2D eigenvalue weighted by Gasteiger charge is -2.08. The Hall–Kier alpha value is -2.47. The second-order valence-corrected chi connectivity index (χ2v) is 6.47. The number of hydrogen-bond donors (Lipinski definition) is 1. The Morgan fingerprint density at radius 2 is 2.12 bits per heavy atom. The summed E-state index contributed by atoms with van der Waals surface area (Å²) in [4.78, 5) is 28.0. The van der Waals surface area contributed by atoms with E-state index in [1.165, 1.54) is 11.3 Å². The van der Waals surface area contributed by atoms with Gasteiger partial charge in [-0.25, -0.2) is 0 Å². The lowest BCUT2D eigenvalue weighted by Crippen LogP contribution is -2.24. The Kier molecular flexibility index (Phi) is 5.05. The zero-order chi connectivity index (χ0) is 16.9. The van der Waals surface area contributed by atoms with Gasteiger partial charge in [0.1, 0.15) is 0 Å². The van der Waals surface area contributed by atoms with Gasteiger partial charge in [-0.05, 0) is 24.8 Å². The third kappa shape index (κ3) is 3.71. The van der Waals surface area contributed by atoms with Crippen LogP contribution in [0.25, 0.3) is 10.8 Å². The number of aryl methyl sites for hydroxylation is 1. The molecular formula is C18H19N3O2S. The zero-order valence-electron chi connectivity index (χ0n) is 13.5. The van der Waals surface area contributed by atoms with Crippen molar-refractivity contribution in [2.75, 3.05) is 0 Å². The first kappa shape index (κ1) is 16.4. The van der Waals surface area contributed by atoms with E-state index in [0.717, 1.165) is 22.2 Å². The molecule has 6 heteroatoms. The maximum Gasteiger partial charge on any atom is 0.307 e. The predicted molar refractivity (Wildman–Crippen MR) is 96.1 cm³/mol. The van der Waals surface area contributed by atoms with Gasteiger partial charge in [0, 0.05) is 35.6 Å². The van der Waals surface area contributed by atoms with Crippen LogP contribution in [0, 0.1) is 6.92 Å².